The Morgan fingerprint density at radius 1 is 1.41 bits per heavy atom. The Hall–Kier alpha value is -1.75. The molecule has 0 amide bonds. The Labute approximate surface area is 99.1 Å². The predicted molar refractivity (Wildman–Crippen MR) is 63.9 cm³/mol. The van der Waals surface area contributed by atoms with Crippen molar-refractivity contribution in [3.63, 3.8) is 0 Å². The van der Waals surface area contributed by atoms with Crippen molar-refractivity contribution in [1.82, 2.24) is 15.0 Å². The number of aromatic nitrogens is 3. The third kappa shape index (κ3) is 2.68. The molecule has 90 valence electrons. The summed E-state index contributed by atoms with van der Waals surface area (Å²) >= 11 is 0. The van der Waals surface area contributed by atoms with Crippen LogP contribution in [0.4, 0.5) is 4.39 Å². The molecule has 0 aliphatic heterocycles. The molecule has 0 radical (unpaired) electrons. The summed E-state index contributed by atoms with van der Waals surface area (Å²) in [4.78, 5) is 11.3. The molecule has 0 aliphatic rings. The highest BCUT2D eigenvalue weighted by Crippen LogP contribution is 2.21. The van der Waals surface area contributed by atoms with Crippen molar-refractivity contribution < 1.29 is 4.39 Å². The minimum absolute atomic E-state index is 0.273. The van der Waals surface area contributed by atoms with Crippen LogP contribution in [0.5, 0.6) is 0 Å². The second-order valence-electron chi connectivity index (χ2n) is 4.05. The van der Waals surface area contributed by atoms with Gasteiger partial charge in [-0.15, -0.1) is 0 Å². The Balaban J connectivity index is 2.23. The van der Waals surface area contributed by atoms with Gasteiger partial charge in [0.25, 0.3) is 0 Å². The van der Waals surface area contributed by atoms with Gasteiger partial charge in [0.1, 0.15) is 11.6 Å². The van der Waals surface area contributed by atoms with E-state index in [4.69, 9.17) is 5.73 Å². The van der Waals surface area contributed by atoms with Crippen LogP contribution < -0.4 is 5.73 Å². The third-order valence-corrected chi connectivity index (χ3v) is 2.68. The monoisotopic (exact) mass is 234 g/mol. The maximum Gasteiger partial charge on any atom is 0.142 e. The lowest BCUT2D eigenvalue weighted by Gasteiger charge is -2.05. The van der Waals surface area contributed by atoms with Crippen molar-refractivity contribution in [1.29, 1.82) is 0 Å². The number of nitrogens with one attached hydrogen (secondary N) is 1. The minimum Gasteiger partial charge on any atom is -0.342 e. The quantitative estimate of drug-likeness (QED) is 0.850. The van der Waals surface area contributed by atoms with Crippen LogP contribution in [0, 0.1) is 5.82 Å². The van der Waals surface area contributed by atoms with Crippen LogP contribution >= 0.6 is 0 Å². The molecule has 5 heteroatoms. The van der Waals surface area contributed by atoms with Crippen LogP contribution in [0.15, 0.2) is 24.7 Å². The van der Waals surface area contributed by atoms with E-state index in [1.807, 2.05) is 0 Å². The fourth-order valence-electron chi connectivity index (χ4n) is 1.68. The molecule has 0 fully saturated rings. The summed E-state index contributed by atoms with van der Waals surface area (Å²) in [6.45, 7) is 2.68. The molecule has 2 aromatic heterocycles. The summed E-state index contributed by atoms with van der Waals surface area (Å²) in [6.07, 6.45) is 5.35. The van der Waals surface area contributed by atoms with Gasteiger partial charge in [-0.2, -0.15) is 0 Å². The molecule has 2 aromatic rings. The van der Waals surface area contributed by atoms with Gasteiger partial charge in [-0.25, -0.2) is 9.37 Å². The zero-order valence-electron chi connectivity index (χ0n) is 9.65. The van der Waals surface area contributed by atoms with E-state index in [-0.39, 0.29) is 11.7 Å². The van der Waals surface area contributed by atoms with Crippen LogP contribution in [0.2, 0.25) is 0 Å². The Bertz CT molecular complexity index is 495. The van der Waals surface area contributed by atoms with Gasteiger partial charge in [0, 0.05) is 17.7 Å². The van der Waals surface area contributed by atoms with E-state index in [1.54, 1.807) is 12.4 Å². The lowest BCUT2D eigenvalue weighted by molar-refractivity contribution is 0.622. The maximum atomic E-state index is 13.0. The number of imidazole rings is 1. The second kappa shape index (κ2) is 5.05. The smallest absolute Gasteiger partial charge is 0.142 e. The summed E-state index contributed by atoms with van der Waals surface area (Å²) in [5.74, 6) is 0.790. The van der Waals surface area contributed by atoms with E-state index >= 15 is 0 Å². The molecule has 1 atom stereocenters. The van der Waals surface area contributed by atoms with E-state index in [0.29, 0.717) is 12.1 Å². The molecule has 0 aliphatic carbocycles. The van der Waals surface area contributed by atoms with E-state index in [9.17, 15) is 4.39 Å². The number of pyridine rings is 1. The van der Waals surface area contributed by atoms with Crippen molar-refractivity contribution in [2.75, 3.05) is 6.54 Å². The molecule has 17 heavy (non-hydrogen) atoms. The largest absolute Gasteiger partial charge is 0.342 e. The van der Waals surface area contributed by atoms with Gasteiger partial charge >= 0.3 is 0 Å². The maximum absolute atomic E-state index is 13.0. The lowest BCUT2D eigenvalue weighted by atomic mass is 10.1. The molecule has 0 bridgehead atoms. The van der Waals surface area contributed by atoms with Crippen molar-refractivity contribution in [3.8, 4) is 11.3 Å². The molecule has 1 unspecified atom stereocenters. The summed E-state index contributed by atoms with van der Waals surface area (Å²) in [5.41, 5.74) is 6.98. The van der Waals surface area contributed by atoms with Crippen LogP contribution in [0.1, 0.15) is 25.1 Å². The normalized spacial score (nSPS) is 12.6. The van der Waals surface area contributed by atoms with Gasteiger partial charge in [-0.05, 0) is 19.0 Å². The fraction of sp³-hybridized carbons (Fsp3) is 0.333. The first-order valence-electron chi connectivity index (χ1n) is 5.56. The van der Waals surface area contributed by atoms with Gasteiger partial charge < -0.3 is 10.7 Å². The van der Waals surface area contributed by atoms with Gasteiger partial charge in [-0.1, -0.05) is 6.92 Å². The highest BCUT2D eigenvalue weighted by Gasteiger charge is 2.10. The number of rotatable bonds is 4. The molecule has 2 rings (SSSR count). The number of hydrogen-bond donors (Lipinski definition) is 2. The highest BCUT2D eigenvalue weighted by molar-refractivity contribution is 5.57. The van der Waals surface area contributed by atoms with Crippen LogP contribution in [-0.4, -0.2) is 21.5 Å². The molecule has 4 nitrogen and oxygen atoms in total. The number of hydrogen-bond acceptors (Lipinski definition) is 3. The number of aromatic amines is 1. The van der Waals surface area contributed by atoms with Gasteiger partial charge in [-0.3, -0.25) is 4.98 Å². The highest BCUT2D eigenvalue weighted by atomic mass is 19.1. The van der Waals surface area contributed by atoms with Crippen LogP contribution in [-0.2, 0) is 0 Å². The topological polar surface area (TPSA) is 67.6 Å². The van der Waals surface area contributed by atoms with Crippen molar-refractivity contribution in [2.24, 2.45) is 5.73 Å². The lowest BCUT2D eigenvalue weighted by Crippen LogP contribution is -2.05. The van der Waals surface area contributed by atoms with Crippen LogP contribution in [0.25, 0.3) is 11.3 Å². The van der Waals surface area contributed by atoms with Crippen molar-refractivity contribution in [2.45, 2.75) is 19.3 Å². The molecule has 0 saturated carbocycles. The summed E-state index contributed by atoms with van der Waals surface area (Å²) in [6, 6.07) is 1.43. The first-order chi connectivity index (χ1) is 8.20. The molecular weight excluding hydrogens is 219 g/mol. The van der Waals surface area contributed by atoms with E-state index < -0.39 is 0 Å². The third-order valence-electron chi connectivity index (χ3n) is 2.68. The zero-order valence-corrected chi connectivity index (χ0v) is 9.65. The fourth-order valence-corrected chi connectivity index (χ4v) is 1.68. The van der Waals surface area contributed by atoms with E-state index in [1.165, 1.54) is 12.3 Å². The Kier molecular flexibility index (Phi) is 3.49. The molecule has 0 spiro atoms. The minimum atomic E-state index is -0.353. The predicted octanol–water partition coefficient (Wildman–Crippen LogP) is 2.06. The SMILES string of the molecule is CC(CCN)c1ncc(-c2cncc(F)c2)[nH]1. The molecule has 0 aromatic carbocycles. The summed E-state index contributed by atoms with van der Waals surface area (Å²) in [7, 11) is 0. The van der Waals surface area contributed by atoms with Crippen molar-refractivity contribution >= 4 is 0 Å². The number of halogens is 1. The number of nitrogens with zero attached hydrogens (tertiary/aromatic N) is 2. The standard InChI is InChI=1S/C12H15FN4/c1-8(2-3-14)12-16-7-11(17-12)9-4-10(13)6-15-5-9/h4-8H,2-3,14H2,1H3,(H,16,17). The average Bonchev–Trinajstić information content (AvgIpc) is 2.78. The van der Waals surface area contributed by atoms with Gasteiger partial charge in [0.15, 0.2) is 0 Å². The average molecular weight is 234 g/mol. The first-order valence-corrected chi connectivity index (χ1v) is 5.56. The first kappa shape index (κ1) is 11.7. The molecular formula is C12H15FN4. The summed E-state index contributed by atoms with van der Waals surface area (Å²) in [5, 5.41) is 0. The van der Waals surface area contributed by atoms with E-state index in [0.717, 1.165) is 17.9 Å². The number of nitrogens with two attached hydrogens (primary N) is 1. The van der Waals surface area contributed by atoms with Gasteiger partial charge in [0.2, 0.25) is 0 Å². The summed E-state index contributed by atoms with van der Waals surface area (Å²) < 4.78 is 13.0. The Morgan fingerprint density at radius 2 is 2.24 bits per heavy atom. The van der Waals surface area contributed by atoms with E-state index in [2.05, 4.69) is 21.9 Å². The molecule has 0 saturated heterocycles. The molecule has 3 N–H and O–H groups in total. The van der Waals surface area contributed by atoms with Gasteiger partial charge in [0.05, 0.1) is 18.1 Å². The zero-order chi connectivity index (χ0) is 12.3. The second-order valence-corrected chi connectivity index (χ2v) is 4.05. The van der Waals surface area contributed by atoms with Crippen LogP contribution in [0.3, 0.4) is 0 Å². The Morgan fingerprint density at radius 3 is 2.94 bits per heavy atom. The number of H-pyrrole nitrogens is 1. The van der Waals surface area contributed by atoms with Crippen molar-refractivity contribution in [3.05, 3.63) is 36.3 Å². The molecule has 2 heterocycles.